The number of benzene rings is 1. The lowest BCUT2D eigenvalue weighted by Gasteiger charge is -2.21. The molecule has 1 atom stereocenters. The number of fused-ring (bicyclic) bond motifs is 2. The molecule has 0 saturated carbocycles. The minimum atomic E-state index is -0.737. The highest BCUT2D eigenvalue weighted by Gasteiger charge is 2.27. The third-order valence-corrected chi connectivity index (χ3v) is 4.17. The van der Waals surface area contributed by atoms with Crippen molar-refractivity contribution < 1.29 is 14.3 Å². The normalized spacial score (nSPS) is 17.8. The van der Waals surface area contributed by atoms with Crippen molar-refractivity contribution in [3.05, 3.63) is 42.5 Å². The summed E-state index contributed by atoms with van der Waals surface area (Å²) in [5.74, 6) is -0.224. The highest BCUT2D eigenvalue weighted by atomic mass is 16.4. The summed E-state index contributed by atoms with van der Waals surface area (Å²) < 4.78 is 7.70. The molecule has 1 aliphatic rings. The molecule has 2 aromatic heterocycles. The van der Waals surface area contributed by atoms with E-state index in [0.717, 1.165) is 28.1 Å². The zero-order valence-corrected chi connectivity index (χ0v) is 11.3. The molecule has 5 nitrogen and oxygen atoms in total. The number of hydrogen-bond donors (Lipinski definition) is 1. The van der Waals surface area contributed by atoms with Crippen LogP contribution in [-0.4, -0.2) is 20.6 Å². The summed E-state index contributed by atoms with van der Waals surface area (Å²) in [6.07, 6.45) is 4.63. The molecular weight excluding hydrogens is 268 g/mol. The SMILES string of the molecule is O=C(O)C1CCn2c(-c3cccc4ccoc34)cnc2C1. The van der Waals surface area contributed by atoms with E-state index in [2.05, 4.69) is 9.55 Å². The Morgan fingerprint density at radius 2 is 2.29 bits per heavy atom. The summed E-state index contributed by atoms with van der Waals surface area (Å²) in [6, 6.07) is 7.96. The van der Waals surface area contributed by atoms with Crippen LogP contribution in [0.4, 0.5) is 0 Å². The van der Waals surface area contributed by atoms with Gasteiger partial charge in [0.05, 0.1) is 24.1 Å². The molecule has 3 aromatic rings. The van der Waals surface area contributed by atoms with E-state index >= 15 is 0 Å². The molecule has 1 aromatic carbocycles. The summed E-state index contributed by atoms with van der Waals surface area (Å²) in [4.78, 5) is 15.5. The van der Waals surface area contributed by atoms with Gasteiger partial charge in [0.15, 0.2) is 0 Å². The van der Waals surface area contributed by atoms with Gasteiger partial charge in [-0.2, -0.15) is 0 Å². The topological polar surface area (TPSA) is 68.3 Å². The monoisotopic (exact) mass is 282 g/mol. The van der Waals surface area contributed by atoms with Crippen LogP contribution >= 0.6 is 0 Å². The molecule has 0 fully saturated rings. The van der Waals surface area contributed by atoms with Crippen molar-refractivity contribution in [1.82, 2.24) is 9.55 Å². The van der Waals surface area contributed by atoms with Gasteiger partial charge in [-0.3, -0.25) is 4.79 Å². The quantitative estimate of drug-likeness (QED) is 0.784. The first-order valence-corrected chi connectivity index (χ1v) is 6.98. The molecule has 1 aliphatic heterocycles. The van der Waals surface area contributed by atoms with Gasteiger partial charge in [-0.1, -0.05) is 12.1 Å². The van der Waals surface area contributed by atoms with E-state index in [0.29, 0.717) is 19.4 Å². The van der Waals surface area contributed by atoms with Crippen LogP contribution in [0.1, 0.15) is 12.2 Å². The second-order valence-corrected chi connectivity index (χ2v) is 5.38. The van der Waals surface area contributed by atoms with Gasteiger partial charge in [0.1, 0.15) is 11.4 Å². The van der Waals surface area contributed by atoms with Crippen molar-refractivity contribution in [3.8, 4) is 11.3 Å². The lowest BCUT2D eigenvalue weighted by molar-refractivity contribution is -0.142. The van der Waals surface area contributed by atoms with Gasteiger partial charge < -0.3 is 14.1 Å². The number of hydrogen-bond acceptors (Lipinski definition) is 3. The van der Waals surface area contributed by atoms with Gasteiger partial charge in [0.2, 0.25) is 0 Å². The first-order valence-electron chi connectivity index (χ1n) is 6.98. The number of carboxylic acid groups (broad SMARTS) is 1. The molecule has 3 heterocycles. The van der Waals surface area contributed by atoms with Gasteiger partial charge >= 0.3 is 5.97 Å². The summed E-state index contributed by atoms with van der Waals surface area (Å²) in [7, 11) is 0. The standard InChI is InChI=1S/C16H14N2O3/c19-16(20)11-4-6-18-13(9-17-14(18)8-11)12-3-1-2-10-5-7-21-15(10)12/h1-3,5,7,9,11H,4,6,8H2,(H,19,20). The molecule has 0 bridgehead atoms. The largest absolute Gasteiger partial charge is 0.481 e. The molecule has 1 unspecified atom stereocenters. The van der Waals surface area contributed by atoms with Crippen LogP contribution in [0.5, 0.6) is 0 Å². The fourth-order valence-electron chi connectivity index (χ4n) is 3.05. The Balaban J connectivity index is 1.82. The van der Waals surface area contributed by atoms with Crippen molar-refractivity contribution in [2.75, 3.05) is 0 Å². The number of furan rings is 1. The molecule has 0 aliphatic carbocycles. The molecular formula is C16H14N2O3. The third-order valence-electron chi connectivity index (χ3n) is 4.17. The van der Waals surface area contributed by atoms with Crippen LogP contribution in [0.25, 0.3) is 22.2 Å². The molecule has 0 amide bonds. The second-order valence-electron chi connectivity index (χ2n) is 5.38. The van der Waals surface area contributed by atoms with E-state index < -0.39 is 5.97 Å². The van der Waals surface area contributed by atoms with E-state index in [1.807, 2.05) is 30.5 Å². The Labute approximate surface area is 120 Å². The minimum Gasteiger partial charge on any atom is -0.481 e. The molecule has 21 heavy (non-hydrogen) atoms. The summed E-state index contributed by atoms with van der Waals surface area (Å²) in [6.45, 7) is 0.679. The second kappa shape index (κ2) is 4.48. The van der Waals surface area contributed by atoms with Crippen molar-refractivity contribution in [2.45, 2.75) is 19.4 Å². The van der Waals surface area contributed by atoms with Crippen LogP contribution < -0.4 is 0 Å². The van der Waals surface area contributed by atoms with Gasteiger partial charge in [0, 0.05) is 23.9 Å². The number of aliphatic carboxylic acids is 1. The maximum atomic E-state index is 11.1. The van der Waals surface area contributed by atoms with Crippen LogP contribution in [0.15, 0.2) is 41.1 Å². The van der Waals surface area contributed by atoms with Crippen molar-refractivity contribution in [1.29, 1.82) is 0 Å². The smallest absolute Gasteiger partial charge is 0.307 e. The maximum Gasteiger partial charge on any atom is 0.307 e. The molecule has 1 N–H and O–H groups in total. The number of para-hydroxylation sites is 1. The van der Waals surface area contributed by atoms with Crippen molar-refractivity contribution in [3.63, 3.8) is 0 Å². The minimum absolute atomic E-state index is 0.327. The number of aromatic nitrogens is 2. The first-order chi connectivity index (χ1) is 10.2. The summed E-state index contributed by atoms with van der Waals surface area (Å²) in [5.41, 5.74) is 2.85. The molecule has 0 saturated heterocycles. The number of nitrogens with zero attached hydrogens (tertiary/aromatic N) is 2. The van der Waals surface area contributed by atoms with E-state index in [1.54, 1.807) is 6.26 Å². The molecule has 0 radical (unpaired) electrons. The van der Waals surface area contributed by atoms with Crippen LogP contribution in [0.3, 0.4) is 0 Å². The Morgan fingerprint density at radius 3 is 3.14 bits per heavy atom. The molecule has 0 spiro atoms. The molecule has 4 rings (SSSR count). The van der Waals surface area contributed by atoms with E-state index in [1.165, 1.54) is 0 Å². The zero-order chi connectivity index (χ0) is 14.4. The Morgan fingerprint density at radius 1 is 1.38 bits per heavy atom. The maximum absolute atomic E-state index is 11.1. The fraction of sp³-hybridized carbons (Fsp3) is 0.250. The van der Waals surface area contributed by atoms with Crippen LogP contribution in [0, 0.1) is 5.92 Å². The number of rotatable bonds is 2. The van der Waals surface area contributed by atoms with Crippen molar-refractivity contribution in [2.24, 2.45) is 5.92 Å². The Kier molecular flexibility index (Phi) is 2.60. The number of imidazole rings is 1. The lowest BCUT2D eigenvalue weighted by atomic mass is 9.98. The highest BCUT2D eigenvalue weighted by molar-refractivity contribution is 5.91. The van der Waals surface area contributed by atoms with Gasteiger partial charge in [0.25, 0.3) is 0 Å². The predicted octanol–water partition coefficient (Wildman–Crippen LogP) is 2.94. The average molecular weight is 282 g/mol. The zero-order valence-electron chi connectivity index (χ0n) is 11.3. The van der Waals surface area contributed by atoms with Gasteiger partial charge in [-0.05, 0) is 18.6 Å². The van der Waals surface area contributed by atoms with E-state index in [9.17, 15) is 4.79 Å². The van der Waals surface area contributed by atoms with Crippen LogP contribution in [0.2, 0.25) is 0 Å². The summed E-state index contributed by atoms with van der Waals surface area (Å²) in [5, 5.41) is 10.2. The van der Waals surface area contributed by atoms with Gasteiger partial charge in [-0.25, -0.2) is 4.98 Å². The lowest BCUT2D eigenvalue weighted by Crippen LogP contribution is -2.26. The molecule has 5 heteroatoms. The van der Waals surface area contributed by atoms with E-state index in [-0.39, 0.29) is 5.92 Å². The highest BCUT2D eigenvalue weighted by Crippen LogP contribution is 2.32. The Hall–Kier alpha value is -2.56. The Bertz CT molecular complexity index is 831. The first kappa shape index (κ1) is 12.2. The predicted molar refractivity (Wildman–Crippen MR) is 76.9 cm³/mol. The third kappa shape index (κ3) is 1.85. The van der Waals surface area contributed by atoms with Crippen LogP contribution in [-0.2, 0) is 17.8 Å². The fourth-order valence-corrected chi connectivity index (χ4v) is 3.05. The average Bonchev–Trinajstić information content (AvgIpc) is 3.12. The molecule has 106 valence electrons. The van der Waals surface area contributed by atoms with Gasteiger partial charge in [-0.15, -0.1) is 0 Å². The number of carboxylic acids is 1. The van der Waals surface area contributed by atoms with Crippen molar-refractivity contribution >= 4 is 16.9 Å². The summed E-state index contributed by atoms with van der Waals surface area (Å²) >= 11 is 0. The van der Waals surface area contributed by atoms with E-state index in [4.69, 9.17) is 9.52 Å². The number of carbonyl (C=O) groups is 1.